The van der Waals surface area contributed by atoms with Gasteiger partial charge in [-0.2, -0.15) is 0 Å². The van der Waals surface area contributed by atoms with Gasteiger partial charge in [0, 0.05) is 25.4 Å². The van der Waals surface area contributed by atoms with Crippen molar-refractivity contribution in [3.63, 3.8) is 0 Å². The molecule has 28 heavy (non-hydrogen) atoms. The molecule has 0 radical (unpaired) electrons. The summed E-state index contributed by atoms with van der Waals surface area (Å²) in [4.78, 5) is 32.3. The van der Waals surface area contributed by atoms with Crippen LogP contribution in [0.15, 0.2) is 47.4 Å². The molecule has 1 aromatic carbocycles. The Morgan fingerprint density at radius 2 is 1.79 bits per heavy atom. The summed E-state index contributed by atoms with van der Waals surface area (Å²) in [5, 5.41) is 6.06. The summed E-state index contributed by atoms with van der Waals surface area (Å²) in [6.45, 7) is 6.41. The van der Waals surface area contributed by atoms with E-state index in [-0.39, 0.29) is 11.1 Å². The van der Waals surface area contributed by atoms with E-state index in [2.05, 4.69) is 27.5 Å². The monoisotopic (exact) mass is 380 g/mol. The highest BCUT2D eigenvalue weighted by atomic mass is 16.5. The van der Waals surface area contributed by atoms with E-state index in [1.54, 1.807) is 12.1 Å². The van der Waals surface area contributed by atoms with E-state index in [0.29, 0.717) is 24.5 Å². The number of hydrogen-bond donors (Lipinski definition) is 3. The normalized spacial score (nSPS) is 10.8. The maximum atomic E-state index is 12.7. The zero-order valence-electron chi connectivity index (χ0n) is 16.0. The average molecular weight is 380 g/mol. The maximum absolute atomic E-state index is 12.7. The molecular weight excluding hydrogens is 356 g/mol. The predicted octanol–water partition coefficient (Wildman–Crippen LogP) is 2.36. The van der Waals surface area contributed by atoms with Crippen molar-refractivity contribution < 1.29 is 9.53 Å². The first-order valence-corrected chi connectivity index (χ1v) is 9.34. The number of aromatic nitrogens is 2. The van der Waals surface area contributed by atoms with Crippen LogP contribution in [0.3, 0.4) is 0 Å². The van der Waals surface area contributed by atoms with Crippen molar-refractivity contribution in [1.82, 2.24) is 20.6 Å². The summed E-state index contributed by atoms with van der Waals surface area (Å²) in [5.41, 5.74) is 2.49. The molecule has 0 saturated carbocycles. The minimum absolute atomic E-state index is 0.0254. The average Bonchev–Trinajstić information content (AvgIpc) is 2.72. The Hall–Kier alpha value is -3.19. The Balaban J connectivity index is 1.72. The molecule has 3 N–H and O–H groups in total. The lowest BCUT2D eigenvalue weighted by Gasteiger charge is -2.08. The van der Waals surface area contributed by atoms with Gasteiger partial charge in [0.05, 0.1) is 12.1 Å². The SMILES string of the molecule is CCNCc1ccc(CNC(=O)c2c[nH]c3ccc(OCC)nc3c2=O)cc1. The predicted molar refractivity (Wildman–Crippen MR) is 109 cm³/mol. The van der Waals surface area contributed by atoms with E-state index < -0.39 is 11.3 Å². The number of carbonyl (C=O) groups is 1. The number of rotatable bonds is 8. The molecular formula is C21H24N4O3. The highest BCUT2D eigenvalue weighted by molar-refractivity contribution is 5.96. The number of pyridine rings is 2. The van der Waals surface area contributed by atoms with E-state index in [9.17, 15) is 9.59 Å². The molecule has 3 rings (SSSR count). The number of H-pyrrole nitrogens is 1. The number of hydrogen-bond acceptors (Lipinski definition) is 5. The number of benzene rings is 1. The lowest BCUT2D eigenvalue weighted by Crippen LogP contribution is -2.28. The molecule has 0 aliphatic carbocycles. The van der Waals surface area contributed by atoms with Crippen LogP contribution < -0.4 is 20.8 Å². The molecule has 0 aliphatic rings. The molecule has 0 atom stereocenters. The molecule has 0 bridgehead atoms. The standard InChI is InChI=1S/C21H24N4O3/c1-3-22-11-14-5-7-15(8-6-14)12-24-21(27)16-13-23-17-9-10-18(28-4-2)25-19(17)20(16)26/h5-10,13,22H,3-4,11-12H2,1-2H3,(H,23,26)(H,24,27). The van der Waals surface area contributed by atoms with Crippen LogP contribution in [0.25, 0.3) is 11.0 Å². The van der Waals surface area contributed by atoms with Gasteiger partial charge in [0.1, 0.15) is 11.1 Å². The summed E-state index contributed by atoms with van der Waals surface area (Å²) in [6, 6.07) is 11.4. The lowest BCUT2D eigenvalue weighted by atomic mass is 10.1. The van der Waals surface area contributed by atoms with Gasteiger partial charge in [-0.1, -0.05) is 31.2 Å². The summed E-state index contributed by atoms with van der Waals surface area (Å²) in [6.07, 6.45) is 1.42. The fourth-order valence-electron chi connectivity index (χ4n) is 2.79. The third-order valence-electron chi connectivity index (χ3n) is 4.29. The van der Waals surface area contributed by atoms with Crippen LogP contribution in [-0.2, 0) is 13.1 Å². The number of nitrogens with zero attached hydrogens (tertiary/aromatic N) is 1. The molecule has 0 unspecified atom stereocenters. The number of aromatic amines is 1. The van der Waals surface area contributed by atoms with E-state index in [0.717, 1.165) is 18.7 Å². The van der Waals surface area contributed by atoms with Gasteiger partial charge in [-0.25, -0.2) is 4.98 Å². The Kier molecular flexibility index (Phi) is 6.39. The molecule has 0 spiro atoms. The van der Waals surface area contributed by atoms with Crippen LogP contribution in [0.4, 0.5) is 0 Å². The van der Waals surface area contributed by atoms with Gasteiger partial charge in [0.15, 0.2) is 0 Å². The Bertz CT molecular complexity index is 1010. The third kappa shape index (κ3) is 4.55. The molecule has 2 aromatic heterocycles. The first kappa shape index (κ1) is 19.6. The van der Waals surface area contributed by atoms with Crippen LogP contribution in [0.1, 0.15) is 35.3 Å². The van der Waals surface area contributed by atoms with Crippen molar-refractivity contribution in [3.8, 4) is 5.88 Å². The number of amides is 1. The van der Waals surface area contributed by atoms with Crippen LogP contribution in [0.5, 0.6) is 5.88 Å². The zero-order chi connectivity index (χ0) is 19.9. The first-order chi connectivity index (χ1) is 13.6. The summed E-state index contributed by atoms with van der Waals surface area (Å²) in [7, 11) is 0. The Morgan fingerprint density at radius 1 is 1.07 bits per heavy atom. The number of nitrogens with one attached hydrogen (secondary N) is 3. The van der Waals surface area contributed by atoms with Gasteiger partial charge in [-0.15, -0.1) is 0 Å². The summed E-state index contributed by atoms with van der Waals surface area (Å²) in [5.74, 6) is -0.0841. The van der Waals surface area contributed by atoms with E-state index in [1.165, 1.54) is 11.8 Å². The summed E-state index contributed by atoms with van der Waals surface area (Å²) >= 11 is 0. The minimum Gasteiger partial charge on any atom is -0.478 e. The third-order valence-corrected chi connectivity index (χ3v) is 4.29. The Labute approximate surface area is 163 Å². The number of fused-ring (bicyclic) bond motifs is 1. The topological polar surface area (TPSA) is 96.1 Å². The highest BCUT2D eigenvalue weighted by Crippen LogP contribution is 2.12. The lowest BCUT2D eigenvalue weighted by molar-refractivity contribution is 0.0949. The Morgan fingerprint density at radius 3 is 2.46 bits per heavy atom. The van der Waals surface area contributed by atoms with Crippen molar-refractivity contribution in [2.45, 2.75) is 26.9 Å². The van der Waals surface area contributed by atoms with Gasteiger partial charge in [0.25, 0.3) is 5.91 Å². The molecule has 7 nitrogen and oxygen atoms in total. The fourth-order valence-corrected chi connectivity index (χ4v) is 2.79. The molecule has 1 amide bonds. The molecule has 0 saturated heterocycles. The molecule has 2 heterocycles. The maximum Gasteiger partial charge on any atom is 0.257 e. The van der Waals surface area contributed by atoms with Crippen LogP contribution >= 0.6 is 0 Å². The smallest absolute Gasteiger partial charge is 0.257 e. The van der Waals surface area contributed by atoms with Gasteiger partial charge >= 0.3 is 0 Å². The zero-order valence-corrected chi connectivity index (χ0v) is 16.0. The van der Waals surface area contributed by atoms with Gasteiger partial charge < -0.3 is 20.4 Å². The molecule has 3 aromatic rings. The molecule has 7 heteroatoms. The number of ether oxygens (including phenoxy) is 1. The van der Waals surface area contributed by atoms with Crippen molar-refractivity contribution in [3.05, 3.63) is 69.5 Å². The van der Waals surface area contributed by atoms with Crippen molar-refractivity contribution in [2.75, 3.05) is 13.2 Å². The van der Waals surface area contributed by atoms with Crippen LogP contribution in [-0.4, -0.2) is 29.0 Å². The second-order valence-corrected chi connectivity index (χ2v) is 6.29. The van der Waals surface area contributed by atoms with E-state index >= 15 is 0 Å². The largest absolute Gasteiger partial charge is 0.478 e. The first-order valence-electron chi connectivity index (χ1n) is 9.34. The van der Waals surface area contributed by atoms with E-state index in [4.69, 9.17) is 4.74 Å². The number of carbonyl (C=O) groups excluding carboxylic acids is 1. The minimum atomic E-state index is -0.441. The van der Waals surface area contributed by atoms with E-state index in [1.807, 2.05) is 31.2 Å². The second kappa shape index (κ2) is 9.14. The fraction of sp³-hybridized carbons (Fsp3) is 0.286. The molecule has 0 aliphatic heterocycles. The second-order valence-electron chi connectivity index (χ2n) is 6.29. The van der Waals surface area contributed by atoms with Crippen LogP contribution in [0.2, 0.25) is 0 Å². The van der Waals surface area contributed by atoms with Gasteiger partial charge in [-0.05, 0) is 30.7 Å². The molecule has 146 valence electrons. The van der Waals surface area contributed by atoms with Gasteiger partial charge in [0.2, 0.25) is 11.3 Å². The van der Waals surface area contributed by atoms with Gasteiger partial charge in [-0.3, -0.25) is 9.59 Å². The van der Waals surface area contributed by atoms with Crippen LogP contribution in [0, 0.1) is 0 Å². The quantitative estimate of drug-likeness (QED) is 0.558. The van der Waals surface area contributed by atoms with Crippen molar-refractivity contribution in [1.29, 1.82) is 0 Å². The summed E-state index contributed by atoms with van der Waals surface area (Å²) < 4.78 is 5.34. The molecule has 0 fully saturated rings. The highest BCUT2D eigenvalue weighted by Gasteiger charge is 2.14. The van der Waals surface area contributed by atoms with Crippen molar-refractivity contribution >= 4 is 16.9 Å². The van der Waals surface area contributed by atoms with Crippen molar-refractivity contribution in [2.24, 2.45) is 0 Å².